The Morgan fingerprint density at radius 2 is 2.12 bits per heavy atom. The molecule has 0 aliphatic carbocycles. The topological polar surface area (TPSA) is 70.5 Å². The monoisotopic (exact) mass is 331 g/mol. The van der Waals surface area contributed by atoms with Gasteiger partial charge in [-0.3, -0.25) is 4.57 Å². The van der Waals surface area contributed by atoms with Crippen molar-refractivity contribution in [2.45, 2.75) is 25.0 Å². The molecule has 2 N–H and O–H groups in total. The molecule has 3 rings (SSSR count). The van der Waals surface area contributed by atoms with Gasteiger partial charge in [0.15, 0.2) is 0 Å². The van der Waals surface area contributed by atoms with Crippen molar-refractivity contribution in [3.05, 3.63) is 47.4 Å². The second-order valence-corrected chi connectivity index (χ2v) is 6.33. The molecule has 130 valence electrons. The molecule has 6 heteroatoms. The van der Waals surface area contributed by atoms with Crippen molar-refractivity contribution >= 4 is 11.0 Å². The largest absolute Gasteiger partial charge is 0.389 e. The third-order valence-corrected chi connectivity index (χ3v) is 4.56. The molecule has 1 atom stereocenters. The van der Waals surface area contributed by atoms with Gasteiger partial charge in [0.2, 0.25) is 0 Å². The van der Waals surface area contributed by atoms with Gasteiger partial charge in [0.25, 0.3) is 0 Å². The second kappa shape index (κ2) is 7.79. The molecule has 1 saturated heterocycles. The van der Waals surface area contributed by atoms with Gasteiger partial charge in [-0.25, -0.2) is 4.79 Å². The van der Waals surface area contributed by atoms with Gasteiger partial charge in [0, 0.05) is 25.7 Å². The van der Waals surface area contributed by atoms with Crippen LogP contribution in [0.25, 0.3) is 11.0 Å². The smallest absolute Gasteiger partial charge is 0.326 e. The van der Waals surface area contributed by atoms with Gasteiger partial charge in [0.1, 0.15) is 0 Å². The summed E-state index contributed by atoms with van der Waals surface area (Å²) in [6, 6.07) is 8.02. The van der Waals surface area contributed by atoms with E-state index in [1.807, 2.05) is 28.8 Å². The van der Waals surface area contributed by atoms with E-state index in [9.17, 15) is 9.90 Å². The highest BCUT2D eigenvalue weighted by molar-refractivity contribution is 5.75. The predicted octanol–water partition coefficient (Wildman–Crippen LogP) is 1.53. The van der Waals surface area contributed by atoms with E-state index in [-0.39, 0.29) is 11.7 Å². The average molecular weight is 331 g/mol. The van der Waals surface area contributed by atoms with E-state index in [1.54, 1.807) is 6.08 Å². The fraction of sp³-hybridized carbons (Fsp3) is 0.500. The number of aromatic amines is 1. The summed E-state index contributed by atoms with van der Waals surface area (Å²) in [6.45, 7) is 6.72. The first-order chi connectivity index (χ1) is 11.7. The number of aliphatic hydroxyl groups is 1. The Labute approximate surface area is 141 Å². The quantitative estimate of drug-likeness (QED) is 0.596. The van der Waals surface area contributed by atoms with Crippen molar-refractivity contribution in [1.82, 2.24) is 14.5 Å². The summed E-state index contributed by atoms with van der Waals surface area (Å²) in [4.78, 5) is 17.4. The van der Waals surface area contributed by atoms with Crippen LogP contribution in [0, 0.1) is 0 Å². The maximum Gasteiger partial charge on any atom is 0.326 e. The maximum absolute atomic E-state index is 12.3. The molecular weight excluding hydrogens is 306 g/mol. The number of nitrogens with zero attached hydrogens (tertiary/aromatic N) is 2. The molecule has 1 aromatic heterocycles. The Bertz CT molecular complexity index is 728. The lowest BCUT2D eigenvalue weighted by atomic mass is 10.0. The van der Waals surface area contributed by atoms with E-state index >= 15 is 0 Å². The molecule has 0 amide bonds. The number of benzene rings is 1. The van der Waals surface area contributed by atoms with Gasteiger partial charge in [0.05, 0.1) is 30.4 Å². The lowest BCUT2D eigenvalue weighted by molar-refractivity contribution is 0.0197. The number of imidazole rings is 1. The number of piperidine rings is 1. The Hall–Kier alpha value is -1.89. The fourth-order valence-corrected chi connectivity index (χ4v) is 3.44. The number of hydrogen-bond acceptors (Lipinski definition) is 4. The molecule has 1 aromatic carbocycles. The van der Waals surface area contributed by atoms with Gasteiger partial charge < -0.3 is 19.7 Å². The van der Waals surface area contributed by atoms with E-state index in [0.29, 0.717) is 19.8 Å². The van der Waals surface area contributed by atoms with Crippen molar-refractivity contribution < 1.29 is 9.84 Å². The highest BCUT2D eigenvalue weighted by Gasteiger charge is 2.24. The number of β-amino-alcohol motifs (C(OH)–C–C–N with tert-alkyl or cyclic N) is 1. The van der Waals surface area contributed by atoms with Crippen LogP contribution in [-0.4, -0.2) is 58.5 Å². The van der Waals surface area contributed by atoms with E-state index in [4.69, 9.17) is 4.74 Å². The van der Waals surface area contributed by atoms with Crippen LogP contribution in [0.15, 0.2) is 41.7 Å². The van der Waals surface area contributed by atoms with Crippen LogP contribution in [0.3, 0.4) is 0 Å². The summed E-state index contributed by atoms with van der Waals surface area (Å²) in [5, 5.41) is 10.0. The Kier molecular flexibility index (Phi) is 5.50. The number of aliphatic hydroxyl groups excluding tert-OH is 1. The van der Waals surface area contributed by atoms with Crippen molar-refractivity contribution in [3.63, 3.8) is 0 Å². The van der Waals surface area contributed by atoms with Crippen LogP contribution < -0.4 is 5.69 Å². The van der Waals surface area contributed by atoms with Gasteiger partial charge in [-0.2, -0.15) is 0 Å². The van der Waals surface area contributed by atoms with Crippen molar-refractivity contribution in [1.29, 1.82) is 0 Å². The average Bonchev–Trinajstić information content (AvgIpc) is 2.92. The SMILES string of the molecule is C=CCOCC(O)CN1CCC(n2c(=O)[nH]c3ccccc32)CC1. The summed E-state index contributed by atoms with van der Waals surface area (Å²) >= 11 is 0. The number of ether oxygens (including phenoxy) is 1. The minimum atomic E-state index is -0.489. The minimum absolute atomic E-state index is 0.0347. The molecule has 1 aliphatic heterocycles. The van der Waals surface area contributed by atoms with Crippen LogP contribution in [0.1, 0.15) is 18.9 Å². The standard InChI is InChI=1S/C18H25N3O3/c1-2-11-24-13-15(22)12-20-9-7-14(8-10-20)21-17-6-4-3-5-16(17)19-18(21)23/h2-6,14-15,22H,1,7-13H2,(H,19,23). The van der Waals surface area contributed by atoms with E-state index in [1.165, 1.54) is 0 Å². The first-order valence-electron chi connectivity index (χ1n) is 8.47. The zero-order chi connectivity index (χ0) is 16.9. The molecule has 0 bridgehead atoms. The first kappa shape index (κ1) is 17.0. The number of aromatic nitrogens is 2. The number of H-pyrrole nitrogens is 1. The molecule has 2 heterocycles. The van der Waals surface area contributed by atoms with Gasteiger partial charge in [-0.15, -0.1) is 6.58 Å². The normalized spacial score (nSPS) is 18.0. The molecule has 2 aromatic rings. The predicted molar refractivity (Wildman–Crippen MR) is 94.3 cm³/mol. The van der Waals surface area contributed by atoms with Gasteiger partial charge in [-0.05, 0) is 25.0 Å². The molecule has 1 fully saturated rings. The number of para-hydroxylation sites is 2. The molecule has 0 saturated carbocycles. The first-order valence-corrected chi connectivity index (χ1v) is 8.47. The summed E-state index contributed by atoms with van der Waals surface area (Å²) in [5.74, 6) is 0. The molecule has 1 aliphatic rings. The van der Waals surface area contributed by atoms with Gasteiger partial charge in [-0.1, -0.05) is 18.2 Å². The highest BCUT2D eigenvalue weighted by Crippen LogP contribution is 2.24. The highest BCUT2D eigenvalue weighted by atomic mass is 16.5. The zero-order valence-electron chi connectivity index (χ0n) is 13.9. The number of fused-ring (bicyclic) bond motifs is 1. The number of nitrogens with one attached hydrogen (secondary N) is 1. The lowest BCUT2D eigenvalue weighted by Crippen LogP contribution is -2.41. The van der Waals surface area contributed by atoms with Crippen molar-refractivity contribution in [2.24, 2.45) is 0 Å². The number of hydrogen-bond donors (Lipinski definition) is 2. The maximum atomic E-state index is 12.3. The lowest BCUT2D eigenvalue weighted by Gasteiger charge is -2.33. The van der Waals surface area contributed by atoms with Crippen LogP contribution in [0.4, 0.5) is 0 Å². The molecule has 0 radical (unpaired) electrons. The van der Waals surface area contributed by atoms with Gasteiger partial charge >= 0.3 is 5.69 Å². The molecule has 1 unspecified atom stereocenters. The molecule has 6 nitrogen and oxygen atoms in total. The number of likely N-dealkylation sites (tertiary alicyclic amines) is 1. The van der Waals surface area contributed by atoms with Crippen LogP contribution in [-0.2, 0) is 4.74 Å². The van der Waals surface area contributed by atoms with Crippen LogP contribution >= 0.6 is 0 Å². The van der Waals surface area contributed by atoms with E-state index < -0.39 is 6.10 Å². The molecule has 24 heavy (non-hydrogen) atoms. The summed E-state index contributed by atoms with van der Waals surface area (Å²) < 4.78 is 7.17. The fourth-order valence-electron chi connectivity index (χ4n) is 3.44. The zero-order valence-corrected chi connectivity index (χ0v) is 13.9. The summed E-state index contributed by atoms with van der Waals surface area (Å²) in [5.41, 5.74) is 1.83. The molecule has 0 spiro atoms. The summed E-state index contributed by atoms with van der Waals surface area (Å²) in [7, 11) is 0. The molecular formula is C18H25N3O3. The summed E-state index contributed by atoms with van der Waals surface area (Å²) in [6.07, 6.45) is 3.00. The van der Waals surface area contributed by atoms with Crippen molar-refractivity contribution in [2.75, 3.05) is 32.8 Å². The van der Waals surface area contributed by atoms with E-state index in [2.05, 4.69) is 16.5 Å². The third kappa shape index (κ3) is 3.77. The number of rotatable bonds is 7. The third-order valence-electron chi connectivity index (χ3n) is 4.56. The van der Waals surface area contributed by atoms with E-state index in [0.717, 1.165) is 37.0 Å². The van der Waals surface area contributed by atoms with Crippen LogP contribution in [0.2, 0.25) is 0 Å². The van der Waals surface area contributed by atoms with Crippen LogP contribution in [0.5, 0.6) is 0 Å². The Morgan fingerprint density at radius 3 is 2.88 bits per heavy atom. The Balaban J connectivity index is 1.58. The second-order valence-electron chi connectivity index (χ2n) is 6.33. The Morgan fingerprint density at radius 1 is 1.38 bits per heavy atom. The van der Waals surface area contributed by atoms with Crippen molar-refractivity contribution in [3.8, 4) is 0 Å². The minimum Gasteiger partial charge on any atom is -0.389 e.